The first-order chi connectivity index (χ1) is 15.5. The fourth-order valence-corrected chi connectivity index (χ4v) is 4.19. The number of carbonyl (C=O) groups is 1. The van der Waals surface area contributed by atoms with Gasteiger partial charge in [-0.05, 0) is 55.5 Å². The molecule has 0 saturated heterocycles. The Labute approximate surface area is 189 Å². The van der Waals surface area contributed by atoms with Gasteiger partial charge in [-0.3, -0.25) is 4.79 Å². The molecule has 1 heterocycles. The summed E-state index contributed by atoms with van der Waals surface area (Å²) in [5, 5.41) is 8.29. The minimum absolute atomic E-state index is 0.298. The van der Waals surface area contributed by atoms with E-state index in [2.05, 4.69) is 16.7 Å². The van der Waals surface area contributed by atoms with Crippen LogP contribution in [0.1, 0.15) is 38.2 Å². The van der Waals surface area contributed by atoms with E-state index in [0.717, 1.165) is 48.9 Å². The highest BCUT2D eigenvalue weighted by Crippen LogP contribution is 2.26. The van der Waals surface area contributed by atoms with Crippen molar-refractivity contribution in [2.24, 2.45) is 0 Å². The number of para-hydroxylation sites is 1. The lowest BCUT2D eigenvalue weighted by molar-refractivity contribution is -0.131. The van der Waals surface area contributed by atoms with Crippen molar-refractivity contribution in [3.8, 4) is 5.75 Å². The molecule has 2 aromatic carbocycles. The van der Waals surface area contributed by atoms with Crippen molar-refractivity contribution in [1.82, 2.24) is 15.3 Å². The lowest BCUT2D eigenvalue weighted by Gasteiger charge is -2.30. The van der Waals surface area contributed by atoms with E-state index in [1.165, 1.54) is 12.5 Å². The Morgan fingerprint density at radius 1 is 1.00 bits per heavy atom. The molecule has 168 valence electrons. The quantitative estimate of drug-likeness (QED) is 0.428. The zero-order chi connectivity index (χ0) is 22.5. The van der Waals surface area contributed by atoms with Crippen LogP contribution >= 0.6 is 0 Å². The van der Waals surface area contributed by atoms with Gasteiger partial charge in [-0.25, -0.2) is 4.98 Å². The Kier molecular flexibility index (Phi) is 6.85. The van der Waals surface area contributed by atoms with Crippen LogP contribution in [0.25, 0.3) is 10.9 Å². The number of nitrogens with zero attached hydrogens (tertiary/aromatic N) is 3. The van der Waals surface area contributed by atoms with E-state index in [1.807, 2.05) is 61.5 Å². The Hall–Kier alpha value is -3.19. The van der Waals surface area contributed by atoms with Crippen LogP contribution in [0.15, 0.2) is 48.5 Å². The molecular weight excluding hydrogens is 402 g/mol. The van der Waals surface area contributed by atoms with Crippen LogP contribution in [0.4, 0.5) is 11.8 Å². The van der Waals surface area contributed by atoms with Crippen LogP contribution in [0.5, 0.6) is 5.75 Å². The molecule has 1 aliphatic rings. The monoisotopic (exact) mass is 433 g/mol. The molecule has 0 atom stereocenters. The minimum Gasteiger partial charge on any atom is -0.427 e. The van der Waals surface area contributed by atoms with Crippen molar-refractivity contribution < 1.29 is 9.53 Å². The minimum atomic E-state index is -0.298. The molecular formula is C25H31N5O2. The zero-order valence-corrected chi connectivity index (χ0v) is 19.0. The molecule has 3 aromatic rings. The van der Waals surface area contributed by atoms with E-state index in [9.17, 15) is 4.79 Å². The van der Waals surface area contributed by atoms with Gasteiger partial charge in [0.15, 0.2) is 0 Å². The average Bonchev–Trinajstić information content (AvgIpc) is 2.78. The summed E-state index contributed by atoms with van der Waals surface area (Å²) in [6, 6.07) is 16.7. The topological polar surface area (TPSA) is 79.4 Å². The van der Waals surface area contributed by atoms with E-state index in [4.69, 9.17) is 14.7 Å². The number of ether oxygens (including phenoxy) is 1. The highest BCUT2D eigenvalue weighted by Gasteiger charge is 2.22. The maximum Gasteiger partial charge on any atom is 0.308 e. The van der Waals surface area contributed by atoms with Crippen LogP contribution in [-0.2, 0) is 11.3 Å². The Morgan fingerprint density at radius 2 is 1.69 bits per heavy atom. The maximum absolute atomic E-state index is 11.0. The Bertz CT molecular complexity index is 1060. The molecule has 1 fully saturated rings. The van der Waals surface area contributed by atoms with E-state index < -0.39 is 0 Å². The number of benzene rings is 2. The largest absolute Gasteiger partial charge is 0.427 e. The van der Waals surface area contributed by atoms with Crippen LogP contribution in [0, 0.1) is 0 Å². The first-order valence-electron chi connectivity index (χ1n) is 11.2. The number of fused-ring (bicyclic) bond motifs is 1. The second kappa shape index (κ2) is 9.96. The van der Waals surface area contributed by atoms with Gasteiger partial charge >= 0.3 is 5.97 Å². The molecule has 7 heteroatoms. The van der Waals surface area contributed by atoms with Crippen LogP contribution in [0.2, 0.25) is 0 Å². The average molecular weight is 434 g/mol. The first kappa shape index (κ1) is 22.0. The van der Waals surface area contributed by atoms with E-state index in [1.54, 1.807) is 0 Å². The Balaban J connectivity index is 1.29. The van der Waals surface area contributed by atoms with Crippen LogP contribution in [-0.4, -0.2) is 42.1 Å². The highest BCUT2D eigenvalue weighted by atomic mass is 16.5. The highest BCUT2D eigenvalue weighted by molar-refractivity contribution is 5.90. The lowest BCUT2D eigenvalue weighted by atomic mass is 9.91. The first-order valence-corrected chi connectivity index (χ1v) is 11.2. The second-order valence-electron chi connectivity index (χ2n) is 8.59. The molecule has 0 amide bonds. The third-order valence-corrected chi connectivity index (χ3v) is 5.85. The molecule has 4 rings (SSSR count). The zero-order valence-electron chi connectivity index (χ0n) is 19.0. The van der Waals surface area contributed by atoms with Gasteiger partial charge in [0.2, 0.25) is 5.95 Å². The van der Waals surface area contributed by atoms with Gasteiger partial charge in [-0.2, -0.15) is 4.98 Å². The van der Waals surface area contributed by atoms with Crippen molar-refractivity contribution in [3.63, 3.8) is 0 Å². The van der Waals surface area contributed by atoms with Gasteiger partial charge in [-0.1, -0.05) is 24.3 Å². The molecule has 1 saturated carbocycles. The number of anilines is 2. The normalized spacial score (nSPS) is 18.3. The summed E-state index contributed by atoms with van der Waals surface area (Å²) in [5.41, 5.74) is 2.14. The number of hydrogen-bond acceptors (Lipinski definition) is 7. The SMILES string of the molecule is CC(=O)Oc1ccc(CN[C@H]2CC[C@@H](Nc3nc(N(C)C)c4ccccc4n3)CC2)cc1. The summed E-state index contributed by atoms with van der Waals surface area (Å²) in [7, 11) is 4.03. The summed E-state index contributed by atoms with van der Waals surface area (Å²) in [6.07, 6.45) is 4.38. The van der Waals surface area contributed by atoms with Crippen molar-refractivity contribution in [2.75, 3.05) is 24.3 Å². The summed E-state index contributed by atoms with van der Waals surface area (Å²) < 4.78 is 5.09. The summed E-state index contributed by atoms with van der Waals surface area (Å²) in [6.45, 7) is 2.22. The molecule has 0 unspecified atom stereocenters. The van der Waals surface area contributed by atoms with Crippen molar-refractivity contribution in [2.45, 2.75) is 51.2 Å². The van der Waals surface area contributed by atoms with Gasteiger partial charge in [-0.15, -0.1) is 0 Å². The fourth-order valence-electron chi connectivity index (χ4n) is 4.19. The summed E-state index contributed by atoms with van der Waals surface area (Å²) >= 11 is 0. The number of rotatable bonds is 7. The van der Waals surface area contributed by atoms with Crippen LogP contribution < -0.4 is 20.3 Å². The predicted molar refractivity (Wildman–Crippen MR) is 128 cm³/mol. The number of esters is 1. The number of carbonyl (C=O) groups excluding carboxylic acids is 1. The molecule has 0 bridgehead atoms. The number of hydrogen-bond donors (Lipinski definition) is 2. The van der Waals surface area contributed by atoms with Gasteiger partial charge in [0.25, 0.3) is 0 Å². The fraction of sp³-hybridized carbons (Fsp3) is 0.400. The van der Waals surface area contributed by atoms with Crippen molar-refractivity contribution in [3.05, 3.63) is 54.1 Å². The molecule has 1 aromatic heterocycles. The number of nitrogens with one attached hydrogen (secondary N) is 2. The van der Waals surface area contributed by atoms with Gasteiger partial charge in [0.1, 0.15) is 11.6 Å². The third-order valence-electron chi connectivity index (χ3n) is 5.85. The molecule has 0 aliphatic heterocycles. The maximum atomic E-state index is 11.0. The molecule has 32 heavy (non-hydrogen) atoms. The predicted octanol–water partition coefficient (Wildman–Crippen LogP) is 4.13. The van der Waals surface area contributed by atoms with Gasteiger partial charge in [0, 0.05) is 45.0 Å². The third kappa shape index (κ3) is 5.53. The molecule has 7 nitrogen and oxygen atoms in total. The summed E-state index contributed by atoms with van der Waals surface area (Å²) in [4.78, 5) is 22.6. The van der Waals surface area contributed by atoms with Crippen LogP contribution in [0.3, 0.4) is 0 Å². The smallest absolute Gasteiger partial charge is 0.308 e. The molecule has 0 radical (unpaired) electrons. The van der Waals surface area contributed by atoms with E-state index in [0.29, 0.717) is 23.8 Å². The van der Waals surface area contributed by atoms with Gasteiger partial charge < -0.3 is 20.3 Å². The van der Waals surface area contributed by atoms with E-state index >= 15 is 0 Å². The lowest BCUT2D eigenvalue weighted by Crippen LogP contribution is -2.37. The van der Waals surface area contributed by atoms with E-state index in [-0.39, 0.29) is 5.97 Å². The van der Waals surface area contributed by atoms with Crippen molar-refractivity contribution in [1.29, 1.82) is 0 Å². The molecule has 0 spiro atoms. The molecule has 1 aliphatic carbocycles. The Morgan fingerprint density at radius 3 is 2.38 bits per heavy atom. The molecule has 2 N–H and O–H groups in total. The van der Waals surface area contributed by atoms with Gasteiger partial charge in [0.05, 0.1) is 5.52 Å². The summed E-state index contributed by atoms with van der Waals surface area (Å²) in [5.74, 6) is 1.93. The second-order valence-corrected chi connectivity index (χ2v) is 8.59. The number of aromatic nitrogens is 2. The standard InChI is InChI=1S/C25H31N5O2/c1-17(31)32-21-14-8-18(9-15-21)16-26-19-10-12-20(13-11-19)27-25-28-23-7-5-4-6-22(23)24(29-25)30(2)3/h4-9,14-15,19-20,26H,10-13,16H2,1-3H3,(H,27,28,29)/t19-,20+. The van der Waals surface area contributed by atoms with Crippen molar-refractivity contribution >= 4 is 28.6 Å².